The second-order valence-corrected chi connectivity index (χ2v) is 6.18. The minimum Gasteiger partial charge on any atom is -0.492 e. The van der Waals surface area contributed by atoms with E-state index in [1.807, 2.05) is 6.07 Å². The van der Waals surface area contributed by atoms with E-state index in [9.17, 15) is 0 Å². The van der Waals surface area contributed by atoms with Gasteiger partial charge in [-0.1, -0.05) is 19.1 Å². The number of thiophene rings is 1. The van der Waals surface area contributed by atoms with E-state index in [4.69, 9.17) is 4.74 Å². The molecular formula is C15H18BrNOS. The predicted octanol–water partition coefficient (Wildman–Crippen LogP) is 4.59. The highest BCUT2D eigenvalue weighted by Crippen LogP contribution is 2.26. The van der Waals surface area contributed by atoms with Crippen LogP contribution in [0.15, 0.2) is 40.2 Å². The Balaban J connectivity index is 1.85. The van der Waals surface area contributed by atoms with E-state index in [2.05, 4.69) is 57.8 Å². The molecule has 0 saturated heterocycles. The first-order valence-corrected chi connectivity index (χ1v) is 8.11. The predicted molar refractivity (Wildman–Crippen MR) is 84.8 cm³/mol. The van der Waals surface area contributed by atoms with Crippen LogP contribution in [0.5, 0.6) is 5.75 Å². The maximum Gasteiger partial charge on any atom is 0.133 e. The van der Waals surface area contributed by atoms with Crippen LogP contribution in [0, 0.1) is 0 Å². The van der Waals surface area contributed by atoms with Gasteiger partial charge in [-0.25, -0.2) is 0 Å². The second kappa shape index (κ2) is 7.68. The van der Waals surface area contributed by atoms with Crippen molar-refractivity contribution in [3.63, 3.8) is 0 Å². The Labute approximate surface area is 126 Å². The lowest BCUT2D eigenvalue weighted by molar-refractivity contribution is 0.315. The number of rotatable bonds is 7. The molecule has 2 nitrogen and oxygen atoms in total. The molecule has 0 bridgehead atoms. The van der Waals surface area contributed by atoms with E-state index in [0.29, 0.717) is 0 Å². The van der Waals surface area contributed by atoms with Crippen LogP contribution in [0.4, 0.5) is 0 Å². The van der Waals surface area contributed by atoms with Gasteiger partial charge in [0.05, 0.1) is 11.1 Å². The van der Waals surface area contributed by atoms with Crippen molar-refractivity contribution >= 4 is 27.3 Å². The Morgan fingerprint density at radius 2 is 2.16 bits per heavy atom. The molecule has 102 valence electrons. The number of hydrogen-bond acceptors (Lipinski definition) is 3. The van der Waals surface area contributed by atoms with E-state index >= 15 is 0 Å². The maximum absolute atomic E-state index is 5.64. The SMILES string of the molecule is CCCOc1ccc(CNCc2cccs2)cc1Br. The lowest BCUT2D eigenvalue weighted by atomic mass is 10.2. The third kappa shape index (κ3) is 4.64. The van der Waals surface area contributed by atoms with Crippen molar-refractivity contribution in [1.82, 2.24) is 5.32 Å². The minimum atomic E-state index is 0.759. The van der Waals surface area contributed by atoms with E-state index in [-0.39, 0.29) is 0 Å². The molecule has 0 aliphatic heterocycles. The molecule has 0 radical (unpaired) electrons. The zero-order chi connectivity index (χ0) is 13.5. The van der Waals surface area contributed by atoms with Gasteiger partial charge < -0.3 is 10.1 Å². The van der Waals surface area contributed by atoms with E-state index in [1.165, 1.54) is 10.4 Å². The Hall–Kier alpha value is -0.840. The number of benzene rings is 1. The highest BCUT2D eigenvalue weighted by atomic mass is 79.9. The number of nitrogens with one attached hydrogen (secondary N) is 1. The minimum absolute atomic E-state index is 0.759. The van der Waals surface area contributed by atoms with Crippen molar-refractivity contribution in [2.75, 3.05) is 6.61 Å². The zero-order valence-corrected chi connectivity index (χ0v) is 13.4. The van der Waals surface area contributed by atoms with Crippen LogP contribution < -0.4 is 10.1 Å². The summed E-state index contributed by atoms with van der Waals surface area (Å²) in [5.41, 5.74) is 1.26. The second-order valence-electron chi connectivity index (χ2n) is 4.30. The topological polar surface area (TPSA) is 21.3 Å². The van der Waals surface area contributed by atoms with Crippen LogP contribution in [0.25, 0.3) is 0 Å². The van der Waals surface area contributed by atoms with Crippen LogP contribution in [0.3, 0.4) is 0 Å². The third-order valence-corrected chi connectivity index (χ3v) is 4.16. The summed E-state index contributed by atoms with van der Waals surface area (Å²) in [5, 5.41) is 5.55. The molecule has 0 aliphatic carbocycles. The Morgan fingerprint density at radius 1 is 1.26 bits per heavy atom. The standard InChI is InChI=1S/C15H18BrNOS/c1-2-7-18-15-6-5-12(9-14(15)16)10-17-11-13-4-3-8-19-13/h3-6,8-9,17H,2,7,10-11H2,1H3. The molecule has 19 heavy (non-hydrogen) atoms. The smallest absolute Gasteiger partial charge is 0.133 e. The number of halogens is 1. The molecule has 4 heteroatoms. The van der Waals surface area contributed by atoms with Gasteiger partial charge in [-0.2, -0.15) is 0 Å². The molecule has 1 heterocycles. The Kier molecular flexibility index (Phi) is 5.89. The molecule has 1 N–H and O–H groups in total. The first-order chi connectivity index (χ1) is 9.29. The first-order valence-electron chi connectivity index (χ1n) is 6.44. The van der Waals surface area contributed by atoms with Gasteiger partial charge in [-0.05, 0) is 51.5 Å². The third-order valence-electron chi connectivity index (χ3n) is 2.67. The summed E-state index contributed by atoms with van der Waals surface area (Å²) in [7, 11) is 0. The average Bonchev–Trinajstić information content (AvgIpc) is 2.91. The normalized spacial score (nSPS) is 10.6. The van der Waals surface area contributed by atoms with Gasteiger partial charge in [0.25, 0.3) is 0 Å². The molecule has 0 aliphatic rings. The highest BCUT2D eigenvalue weighted by Gasteiger charge is 2.02. The summed E-state index contributed by atoms with van der Waals surface area (Å²) in [6.07, 6.45) is 1.02. The lowest BCUT2D eigenvalue weighted by Crippen LogP contribution is -2.11. The summed E-state index contributed by atoms with van der Waals surface area (Å²) < 4.78 is 6.66. The van der Waals surface area contributed by atoms with Crippen LogP contribution >= 0.6 is 27.3 Å². The van der Waals surface area contributed by atoms with Gasteiger partial charge in [-0.3, -0.25) is 0 Å². The summed E-state index contributed by atoms with van der Waals surface area (Å²) in [5.74, 6) is 0.920. The van der Waals surface area contributed by atoms with Gasteiger partial charge in [-0.15, -0.1) is 11.3 Å². The molecule has 0 unspecified atom stereocenters. The molecule has 0 amide bonds. The van der Waals surface area contributed by atoms with Crippen molar-refractivity contribution in [2.24, 2.45) is 0 Å². The zero-order valence-electron chi connectivity index (χ0n) is 11.0. The average molecular weight is 340 g/mol. The monoisotopic (exact) mass is 339 g/mol. The van der Waals surface area contributed by atoms with Crippen LogP contribution in [-0.4, -0.2) is 6.61 Å². The quantitative estimate of drug-likeness (QED) is 0.796. The van der Waals surface area contributed by atoms with Gasteiger partial charge in [0.15, 0.2) is 0 Å². The molecule has 0 atom stereocenters. The van der Waals surface area contributed by atoms with Crippen molar-refractivity contribution in [3.8, 4) is 5.75 Å². The molecular weight excluding hydrogens is 322 g/mol. The molecule has 2 rings (SSSR count). The Bertz CT molecular complexity index is 499. The van der Waals surface area contributed by atoms with Crippen molar-refractivity contribution < 1.29 is 4.74 Å². The molecule has 2 aromatic rings. The highest BCUT2D eigenvalue weighted by molar-refractivity contribution is 9.10. The number of hydrogen-bond donors (Lipinski definition) is 1. The van der Waals surface area contributed by atoms with Gasteiger partial charge in [0.1, 0.15) is 5.75 Å². The molecule has 0 fully saturated rings. The van der Waals surface area contributed by atoms with Crippen molar-refractivity contribution in [2.45, 2.75) is 26.4 Å². The Morgan fingerprint density at radius 3 is 2.84 bits per heavy atom. The molecule has 1 aromatic heterocycles. The van der Waals surface area contributed by atoms with E-state index in [0.717, 1.165) is 36.3 Å². The van der Waals surface area contributed by atoms with Crippen LogP contribution in [-0.2, 0) is 13.1 Å². The van der Waals surface area contributed by atoms with Gasteiger partial charge in [0, 0.05) is 18.0 Å². The van der Waals surface area contributed by atoms with E-state index in [1.54, 1.807) is 11.3 Å². The first kappa shape index (κ1) is 14.6. The molecule has 1 aromatic carbocycles. The fourth-order valence-corrected chi connectivity index (χ4v) is 2.94. The fourth-order valence-electron chi connectivity index (χ4n) is 1.73. The summed E-state index contributed by atoms with van der Waals surface area (Å²) >= 11 is 5.34. The lowest BCUT2D eigenvalue weighted by Gasteiger charge is -2.09. The molecule has 0 spiro atoms. The summed E-state index contributed by atoms with van der Waals surface area (Å²) in [6, 6.07) is 10.5. The van der Waals surface area contributed by atoms with Gasteiger partial charge >= 0.3 is 0 Å². The maximum atomic E-state index is 5.64. The molecule has 0 saturated carbocycles. The summed E-state index contributed by atoms with van der Waals surface area (Å²) in [4.78, 5) is 1.36. The van der Waals surface area contributed by atoms with Crippen molar-refractivity contribution in [3.05, 3.63) is 50.6 Å². The van der Waals surface area contributed by atoms with Crippen molar-refractivity contribution in [1.29, 1.82) is 0 Å². The summed E-state index contributed by atoms with van der Waals surface area (Å²) in [6.45, 7) is 4.65. The number of ether oxygens (including phenoxy) is 1. The van der Waals surface area contributed by atoms with Gasteiger partial charge in [0.2, 0.25) is 0 Å². The fraction of sp³-hybridized carbons (Fsp3) is 0.333. The van der Waals surface area contributed by atoms with Crippen LogP contribution in [0.1, 0.15) is 23.8 Å². The van der Waals surface area contributed by atoms with E-state index < -0.39 is 0 Å². The largest absolute Gasteiger partial charge is 0.492 e. The van der Waals surface area contributed by atoms with Crippen LogP contribution in [0.2, 0.25) is 0 Å².